The number of amides is 1. The van der Waals surface area contributed by atoms with Crippen LogP contribution in [0, 0.1) is 16.6 Å². The predicted octanol–water partition coefficient (Wildman–Crippen LogP) is 3.59. The molecule has 0 bridgehead atoms. The Balaban J connectivity index is 1.98. The second kappa shape index (κ2) is 6.75. The number of aromatic amines is 1. The molecule has 25 heavy (non-hydrogen) atoms. The lowest BCUT2D eigenvalue weighted by Crippen LogP contribution is -2.38. The molecule has 2 aromatic rings. The van der Waals surface area contributed by atoms with Crippen molar-refractivity contribution in [1.29, 1.82) is 0 Å². The summed E-state index contributed by atoms with van der Waals surface area (Å²) >= 11 is 5.26. The van der Waals surface area contributed by atoms with E-state index in [1.807, 2.05) is 25.7 Å². The van der Waals surface area contributed by atoms with E-state index in [0.717, 1.165) is 6.54 Å². The summed E-state index contributed by atoms with van der Waals surface area (Å²) in [6, 6.07) is 5.36. The summed E-state index contributed by atoms with van der Waals surface area (Å²) in [4.78, 5) is 30.5. The van der Waals surface area contributed by atoms with Crippen LogP contribution >= 0.6 is 12.2 Å². The van der Waals surface area contributed by atoms with Crippen molar-refractivity contribution in [3.8, 4) is 0 Å². The molecule has 134 valence electrons. The molecule has 2 unspecified atom stereocenters. The van der Waals surface area contributed by atoms with Crippen molar-refractivity contribution in [1.82, 2.24) is 14.5 Å². The molecule has 6 heteroatoms. The molecule has 1 aromatic carbocycles. The van der Waals surface area contributed by atoms with Gasteiger partial charge in [0.05, 0.1) is 10.9 Å². The second-order valence-electron chi connectivity index (χ2n) is 7.26. The minimum Gasteiger partial charge on any atom is -0.336 e. The Bertz CT molecular complexity index is 928. The first-order valence-electron chi connectivity index (χ1n) is 8.91. The summed E-state index contributed by atoms with van der Waals surface area (Å²) in [6.07, 6.45) is 1.19. The van der Waals surface area contributed by atoms with Crippen LogP contribution in [0.1, 0.15) is 44.5 Å². The zero-order chi connectivity index (χ0) is 18.3. The highest BCUT2D eigenvalue weighted by Crippen LogP contribution is 2.38. The molecule has 3 rings (SSSR count). The van der Waals surface area contributed by atoms with Gasteiger partial charge in [0.1, 0.15) is 0 Å². The lowest BCUT2D eigenvalue weighted by Gasteiger charge is -2.27. The Hall–Kier alpha value is -1.95. The number of aromatic nitrogens is 2. The maximum Gasteiger partial charge on any atom is 0.262 e. The van der Waals surface area contributed by atoms with Crippen molar-refractivity contribution >= 4 is 29.0 Å². The van der Waals surface area contributed by atoms with E-state index in [-0.39, 0.29) is 17.5 Å². The summed E-state index contributed by atoms with van der Waals surface area (Å²) in [5.74, 6) is 1.32. The van der Waals surface area contributed by atoms with Gasteiger partial charge in [0.25, 0.3) is 11.5 Å². The third kappa shape index (κ3) is 3.40. The van der Waals surface area contributed by atoms with Gasteiger partial charge in [0.15, 0.2) is 4.77 Å². The normalized spacial score (nSPS) is 19.4. The van der Waals surface area contributed by atoms with Crippen molar-refractivity contribution in [3.63, 3.8) is 0 Å². The molecule has 0 radical (unpaired) electrons. The van der Waals surface area contributed by atoms with Gasteiger partial charge >= 0.3 is 0 Å². The predicted molar refractivity (Wildman–Crippen MR) is 103 cm³/mol. The molecule has 1 aromatic heterocycles. The van der Waals surface area contributed by atoms with Gasteiger partial charge in [0, 0.05) is 24.7 Å². The topological polar surface area (TPSA) is 58.1 Å². The molecule has 1 saturated carbocycles. The summed E-state index contributed by atoms with van der Waals surface area (Å²) < 4.78 is 1.91. The summed E-state index contributed by atoms with van der Waals surface area (Å²) in [7, 11) is 0. The Kier molecular flexibility index (Phi) is 4.82. The van der Waals surface area contributed by atoms with Crippen LogP contribution in [0.3, 0.4) is 0 Å². The number of fused-ring (bicyclic) bond motifs is 1. The van der Waals surface area contributed by atoms with Crippen molar-refractivity contribution in [3.05, 3.63) is 38.9 Å². The van der Waals surface area contributed by atoms with E-state index in [4.69, 9.17) is 12.2 Å². The van der Waals surface area contributed by atoms with Gasteiger partial charge in [-0.1, -0.05) is 6.92 Å². The van der Waals surface area contributed by atoms with Crippen molar-refractivity contribution in [2.24, 2.45) is 11.8 Å². The molecule has 1 amide bonds. The number of H-pyrrole nitrogens is 1. The van der Waals surface area contributed by atoms with Crippen LogP contribution in [-0.4, -0.2) is 32.9 Å². The standard InChI is InChI=1S/C19H25N3O2S/c1-5-21-18(24)15-7-6-13(9-16(15)20-19(21)25)17(23)22(11(2)3)10-14-8-12(14)4/h6-7,9,11-12,14H,5,8,10H2,1-4H3,(H,20,25). The third-order valence-corrected chi connectivity index (χ3v) is 5.46. The van der Waals surface area contributed by atoms with E-state index in [2.05, 4.69) is 11.9 Å². The fourth-order valence-corrected chi connectivity index (χ4v) is 3.60. The fourth-order valence-electron chi connectivity index (χ4n) is 3.27. The van der Waals surface area contributed by atoms with Crippen LogP contribution in [-0.2, 0) is 6.54 Å². The molecule has 1 N–H and O–H groups in total. The first-order chi connectivity index (χ1) is 11.8. The second-order valence-corrected chi connectivity index (χ2v) is 7.65. The molecule has 1 fully saturated rings. The molecule has 1 aliphatic carbocycles. The first kappa shape index (κ1) is 17.9. The largest absolute Gasteiger partial charge is 0.336 e. The smallest absolute Gasteiger partial charge is 0.262 e. The van der Waals surface area contributed by atoms with Gasteiger partial charge in [-0.05, 0) is 69.4 Å². The van der Waals surface area contributed by atoms with E-state index >= 15 is 0 Å². The van der Waals surface area contributed by atoms with Crippen LogP contribution in [0.4, 0.5) is 0 Å². The fraction of sp³-hybridized carbons (Fsp3) is 0.526. The van der Waals surface area contributed by atoms with Gasteiger partial charge in [0.2, 0.25) is 0 Å². The van der Waals surface area contributed by atoms with E-state index in [1.54, 1.807) is 18.2 Å². The van der Waals surface area contributed by atoms with Gasteiger partial charge < -0.3 is 9.88 Å². The van der Waals surface area contributed by atoms with Crippen molar-refractivity contribution in [2.75, 3.05) is 6.54 Å². The van der Waals surface area contributed by atoms with E-state index in [9.17, 15) is 9.59 Å². The highest BCUT2D eigenvalue weighted by molar-refractivity contribution is 7.71. The summed E-state index contributed by atoms with van der Waals surface area (Å²) in [5, 5.41) is 0.555. The zero-order valence-corrected chi connectivity index (χ0v) is 16.0. The molecule has 0 spiro atoms. The molecule has 1 aliphatic rings. The number of carbonyl (C=O) groups excluding carboxylic acids is 1. The number of rotatable bonds is 5. The quantitative estimate of drug-likeness (QED) is 0.830. The summed E-state index contributed by atoms with van der Waals surface area (Å²) in [5.41, 5.74) is 1.09. The lowest BCUT2D eigenvalue weighted by molar-refractivity contribution is 0.0694. The number of carbonyl (C=O) groups is 1. The molecule has 0 aliphatic heterocycles. The molecule has 0 saturated heterocycles. The Morgan fingerprint density at radius 2 is 2.12 bits per heavy atom. The van der Waals surface area contributed by atoms with E-state index in [0.29, 0.717) is 39.6 Å². The van der Waals surface area contributed by atoms with Crippen LogP contribution in [0.5, 0.6) is 0 Å². The molecule has 5 nitrogen and oxygen atoms in total. The van der Waals surface area contributed by atoms with Crippen LogP contribution in [0.15, 0.2) is 23.0 Å². The average molecular weight is 359 g/mol. The number of nitrogens with one attached hydrogen (secondary N) is 1. The highest BCUT2D eigenvalue weighted by atomic mass is 32.1. The SMILES string of the molecule is CCn1c(=S)[nH]c2cc(C(=O)N(CC3CC3C)C(C)C)ccc2c1=O. The monoisotopic (exact) mass is 359 g/mol. The van der Waals surface area contributed by atoms with Crippen molar-refractivity contribution in [2.45, 2.75) is 46.7 Å². The minimum atomic E-state index is -0.118. The average Bonchev–Trinajstić information content (AvgIpc) is 3.26. The maximum absolute atomic E-state index is 13.0. The lowest BCUT2D eigenvalue weighted by atomic mass is 10.1. The number of hydrogen-bond acceptors (Lipinski definition) is 3. The van der Waals surface area contributed by atoms with Crippen molar-refractivity contribution < 1.29 is 4.79 Å². The van der Waals surface area contributed by atoms with Gasteiger partial charge in [-0.3, -0.25) is 14.2 Å². The van der Waals surface area contributed by atoms with Gasteiger partial charge in [-0.15, -0.1) is 0 Å². The molecule has 2 atom stereocenters. The number of nitrogens with zero attached hydrogens (tertiary/aromatic N) is 2. The Morgan fingerprint density at radius 1 is 1.44 bits per heavy atom. The third-order valence-electron chi connectivity index (χ3n) is 5.14. The number of benzene rings is 1. The van der Waals surface area contributed by atoms with Gasteiger partial charge in [-0.25, -0.2) is 0 Å². The molecule has 1 heterocycles. The maximum atomic E-state index is 13.0. The van der Waals surface area contributed by atoms with E-state index < -0.39 is 0 Å². The molecular formula is C19H25N3O2S. The Labute approximate surface area is 152 Å². The number of hydrogen-bond donors (Lipinski definition) is 1. The van der Waals surface area contributed by atoms with E-state index in [1.165, 1.54) is 11.0 Å². The molecular weight excluding hydrogens is 334 g/mol. The Morgan fingerprint density at radius 3 is 2.68 bits per heavy atom. The highest BCUT2D eigenvalue weighted by Gasteiger charge is 2.36. The summed E-state index contributed by atoms with van der Waals surface area (Å²) in [6.45, 7) is 9.50. The van der Waals surface area contributed by atoms with Gasteiger partial charge in [-0.2, -0.15) is 0 Å². The minimum absolute atomic E-state index is 0.00925. The zero-order valence-electron chi connectivity index (χ0n) is 15.2. The van der Waals surface area contributed by atoms with Crippen LogP contribution in [0.2, 0.25) is 0 Å². The van der Waals surface area contributed by atoms with Crippen LogP contribution < -0.4 is 5.56 Å². The first-order valence-corrected chi connectivity index (χ1v) is 9.32. The van der Waals surface area contributed by atoms with Crippen LogP contribution in [0.25, 0.3) is 10.9 Å².